The molecule has 0 aromatic rings. The molecule has 0 heterocycles. The summed E-state index contributed by atoms with van der Waals surface area (Å²) in [5.74, 6) is -1.15. The van der Waals surface area contributed by atoms with Crippen LogP contribution in [0.5, 0.6) is 0 Å². The molecular weight excluding hydrogens is 394 g/mol. The van der Waals surface area contributed by atoms with Crippen molar-refractivity contribution in [3.8, 4) is 0 Å². The number of hydrogen-bond donors (Lipinski definition) is 3. The van der Waals surface area contributed by atoms with Crippen molar-refractivity contribution in [1.29, 1.82) is 0 Å². The fourth-order valence-electron chi connectivity index (χ4n) is 3.48. The van der Waals surface area contributed by atoms with Crippen molar-refractivity contribution in [2.24, 2.45) is 11.8 Å². The van der Waals surface area contributed by atoms with Crippen LogP contribution in [0.25, 0.3) is 0 Å². The van der Waals surface area contributed by atoms with Crippen molar-refractivity contribution in [2.75, 3.05) is 6.26 Å². The van der Waals surface area contributed by atoms with Crippen molar-refractivity contribution in [3.05, 3.63) is 24.3 Å². The largest absolute Gasteiger partial charge is 0.392 e. The number of carbonyl (C=O) groups excluding carboxylic acids is 2. The van der Waals surface area contributed by atoms with Crippen LogP contribution in [0.15, 0.2) is 24.3 Å². The van der Waals surface area contributed by atoms with E-state index in [0.29, 0.717) is 25.7 Å². The lowest BCUT2D eigenvalue weighted by Gasteiger charge is -2.17. The molecule has 1 aliphatic carbocycles. The first-order valence-corrected chi connectivity index (χ1v) is 12.3. The highest BCUT2D eigenvalue weighted by Gasteiger charge is 2.39. The number of amides is 1. The molecule has 0 saturated heterocycles. The third-order valence-electron chi connectivity index (χ3n) is 5.03. The van der Waals surface area contributed by atoms with Crippen molar-refractivity contribution >= 4 is 21.7 Å². The molecule has 1 aliphatic rings. The van der Waals surface area contributed by atoms with E-state index in [1.54, 1.807) is 12.2 Å². The summed E-state index contributed by atoms with van der Waals surface area (Å²) < 4.78 is 23.8. The molecule has 166 valence electrons. The van der Waals surface area contributed by atoms with Crippen LogP contribution in [-0.4, -0.2) is 48.8 Å². The minimum atomic E-state index is -3.52. The second kappa shape index (κ2) is 12.9. The monoisotopic (exact) mass is 429 g/mol. The fraction of sp³-hybridized carbons (Fsp3) is 0.714. The van der Waals surface area contributed by atoms with E-state index in [0.717, 1.165) is 25.5 Å². The van der Waals surface area contributed by atoms with Gasteiger partial charge in [0.1, 0.15) is 5.78 Å². The van der Waals surface area contributed by atoms with Crippen molar-refractivity contribution < 1.29 is 28.2 Å². The van der Waals surface area contributed by atoms with E-state index in [4.69, 9.17) is 0 Å². The van der Waals surface area contributed by atoms with Crippen molar-refractivity contribution in [1.82, 2.24) is 4.72 Å². The molecule has 0 aromatic heterocycles. The molecule has 1 rings (SSSR count). The SMILES string of the molecule is CCCCC[C@H](O)/C=C/[C@H]1C(=O)C[C@H](O)[C@@H]1C/C=C\CCCC(=O)NS(C)(=O)=O. The van der Waals surface area contributed by atoms with E-state index in [9.17, 15) is 28.2 Å². The van der Waals surface area contributed by atoms with Crippen LogP contribution in [-0.2, 0) is 19.6 Å². The number of aliphatic hydroxyl groups is 2. The van der Waals surface area contributed by atoms with Crippen LogP contribution in [0.3, 0.4) is 0 Å². The Morgan fingerprint density at radius 3 is 2.66 bits per heavy atom. The number of ketones is 1. The molecule has 0 unspecified atom stereocenters. The molecule has 0 aromatic carbocycles. The normalized spacial score (nSPS) is 23.9. The van der Waals surface area contributed by atoms with Crippen LogP contribution in [0.1, 0.15) is 64.7 Å². The predicted molar refractivity (Wildman–Crippen MR) is 112 cm³/mol. The molecule has 0 spiro atoms. The predicted octanol–water partition coefficient (Wildman–Crippen LogP) is 2.24. The molecular formula is C21H35NO6S. The van der Waals surface area contributed by atoms with Crippen LogP contribution in [0, 0.1) is 11.8 Å². The second-order valence-corrected chi connectivity index (χ2v) is 9.52. The molecule has 1 amide bonds. The number of rotatable bonds is 13. The average molecular weight is 430 g/mol. The van der Waals surface area contributed by atoms with Crippen molar-refractivity contribution in [3.63, 3.8) is 0 Å². The third-order valence-corrected chi connectivity index (χ3v) is 5.63. The topological polar surface area (TPSA) is 121 Å². The smallest absolute Gasteiger partial charge is 0.233 e. The summed E-state index contributed by atoms with van der Waals surface area (Å²) in [4.78, 5) is 23.6. The lowest BCUT2D eigenvalue weighted by molar-refractivity contribution is -0.120. The molecule has 1 fully saturated rings. The maximum absolute atomic E-state index is 12.2. The standard InChI is InChI=1S/C21H35NO6S/c1-3-4-7-10-16(23)13-14-18-17(19(24)15-20(18)25)11-8-5-6-9-12-21(26)22-29(2,27)28/h5,8,13-14,16-19,23-24H,3-4,6-7,9-12,15H2,1-2H3,(H,22,26)/b8-5-,14-13+/t16-,17+,18+,19-/m0/s1. The maximum atomic E-state index is 12.2. The van der Waals surface area contributed by atoms with Crippen LogP contribution < -0.4 is 4.72 Å². The number of aliphatic hydroxyl groups excluding tert-OH is 2. The number of carbonyl (C=O) groups is 2. The first-order chi connectivity index (χ1) is 13.6. The number of unbranched alkanes of at least 4 members (excludes halogenated alkanes) is 3. The summed E-state index contributed by atoms with van der Waals surface area (Å²) in [6.45, 7) is 2.10. The molecule has 0 aliphatic heterocycles. The van der Waals surface area contributed by atoms with Crippen molar-refractivity contribution in [2.45, 2.75) is 76.9 Å². The third kappa shape index (κ3) is 10.7. The number of hydrogen-bond acceptors (Lipinski definition) is 6. The lowest BCUT2D eigenvalue weighted by atomic mass is 9.90. The quantitative estimate of drug-likeness (QED) is 0.305. The maximum Gasteiger partial charge on any atom is 0.233 e. The van der Waals surface area contributed by atoms with E-state index >= 15 is 0 Å². The zero-order valence-corrected chi connectivity index (χ0v) is 18.2. The molecule has 1 saturated carbocycles. The summed E-state index contributed by atoms with van der Waals surface area (Å²) in [5.41, 5.74) is 0. The summed E-state index contributed by atoms with van der Waals surface area (Å²) in [5, 5.41) is 20.2. The van der Waals surface area contributed by atoms with E-state index in [2.05, 4.69) is 6.92 Å². The fourth-order valence-corrected chi connectivity index (χ4v) is 4.00. The van der Waals surface area contributed by atoms with Gasteiger partial charge >= 0.3 is 0 Å². The Balaban J connectivity index is 2.44. The van der Waals surface area contributed by atoms with Crippen LogP contribution >= 0.6 is 0 Å². The molecule has 7 nitrogen and oxygen atoms in total. The first kappa shape index (κ1) is 25.5. The van der Waals surface area contributed by atoms with Gasteiger partial charge in [-0.1, -0.05) is 50.5 Å². The van der Waals surface area contributed by atoms with E-state index in [-0.39, 0.29) is 24.5 Å². The number of sulfonamides is 1. The molecule has 8 heteroatoms. The number of nitrogens with one attached hydrogen (secondary N) is 1. The molecule has 0 bridgehead atoms. The number of allylic oxidation sites excluding steroid dienone is 3. The van der Waals surface area contributed by atoms with Gasteiger partial charge in [0.15, 0.2) is 0 Å². The van der Waals surface area contributed by atoms with Gasteiger partial charge in [-0.05, 0) is 25.7 Å². The Kier molecular flexibility index (Phi) is 11.4. The van der Waals surface area contributed by atoms with E-state index < -0.39 is 34.1 Å². The zero-order valence-electron chi connectivity index (χ0n) is 17.4. The molecule has 3 N–H and O–H groups in total. The zero-order chi connectivity index (χ0) is 21.9. The molecule has 4 atom stereocenters. The minimum absolute atomic E-state index is 0.00893. The van der Waals surface area contributed by atoms with Gasteiger partial charge in [0.05, 0.1) is 18.5 Å². The number of Topliss-reactive ketones (excluding diaryl/α,β-unsaturated/α-hetero) is 1. The van der Waals surface area contributed by atoms with Crippen LogP contribution in [0.4, 0.5) is 0 Å². The highest BCUT2D eigenvalue weighted by atomic mass is 32.2. The lowest BCUT2D eigenvalue weighted by Crippen LogP contribution is -2.28. The summed E-state index contributed by atoms with van der Waals surface area (Å²) in [6.07, 6.45) is 12.5. The minimum Gasteiger partial charge on any atom is -0.392 e. The second-order valence-electron chi connectivity index (χ2n) is 7.77. The Labute approximate surface area is 174 Å². The average Bonchev–Trinajstić information content (AvgIpc) is 2.87. The van der Waals surface area contributed by atoms with Gasteiger partial charge in [0, 0.05) is 24.7 Å². The first-order valence-electron chi connectivity index (χ1n) is 10.4. The van der Waals surface area contributed by atoms with E-state index in [1.807, 2.05) is 16.9 Å². The summed E-state index contributed by atoms with van der Waals surface area (Å²) in [7, 11) is -3.52. The van der Waals surface area contributed by atoms with Gasteiger partial charge in [-0.25, -0.2) is 8.42 Å². The highest BCUT2D eigenvalue weighted by Crippen LogP contribution is 2.33. The Bertz CT molecular complexity index is 685. The Morgan fingerprint density at radius 2 is 2.00 bits per heavy atom. The van der Waals surface area contributed by atoms with Gasteiger partial charge < -0.3 is 10.2 Å². The molecule has 0 radical (unpaired) electrons. The summed E-state index contributed by atoms with van der Waals surface area (Å²) >= 11 is 0. The Hall–Kier alpha value is -1.51. The Morgan fingerprint density at radius 1 is 1.28 bits per heavy atom. The van der Waals surface area contributed by atoms with Gasteiger partial charge in [0.2, 0.25) is 15.9 Å². The van der Waals surface area contributed by atoms with Gasteiger partial charge in [0.25, 0.3) is 0 Å². The van der Waals surface area contributed by atoms with Gasteiger partial charge in [-0.3, -0.25) is 14.3 Å². The molecule has 29 heavy (non-hydrogen) atoms. The highest BCUT2D eigenvalue weighted by molar-refractivity contribution is 7.89. The van der Waals surface area contributed by atoms with Crippen LogP contribution in [0.2, 0.25) is 0 Å². The van der Waals surface area contributed by atoms with Gasteiger partial charge in [-0.15, -0.1) is 0 Å². The van der Waals surface area contributed by atoms with E-state index in [1.165, 1.54) is 0 Å². The summed E-state index contributed by atoms with van der Waals surface area (Å²) in [6, 6.07) is 0. The van der Waals surface area contributed by atoms with Gasteiger partial charge in [-0.2, -0.15) is 0 Å².